The van der Waals surface area contributed by atoms with E-state index in [1.165, 1.54) is 16.8 Å². The van der Waals surface area contributed by atoms with Gasteiger partial charge in [0, 0.05) is 6.61 Å². The van der Waals surface area contributed by atoms with Crippen LogP contribution in [0.5, 0.6) is 0 Å². The van der Waals surface area contributed by atoms with E-state index < -0.39 is 5.97 Å². The van der Waals surface area contributed by atoms with Crippen LogP contribution in [0.2, 0.25) is 0 Å². The van der Waals surface area contributed by atoms with Crippen LogP contribution in [0.3, 0.4) is 0 Å². The summed E-state index contributed by atoms with van der Waals surface area (Å²) in [5.74, 6) is -1.02. The molecule has 0 spiro atoms. The highest BCUT2D eigenvalue weighted by Crippen LogP contribution is 2.31. The van der Waals surface area contributed by atoms with E-state index in [0.29, 0.717) is 18.0 Å². The van der Waals surface area contributed by atoms with Gasteiger partial charge in [0.2, 0.25) is 0 Å². The Morgan fingerprint density at radius 2 is 2.38 bits per heavy atom. The van der Waals surface area contributed by atoms with Crippen molar-refractivity contribution in [3.8, 4) is 11.8 Å². The summed E-state index contributed by atoms with van der Waals surface area (Å²) in [6.45, 7) is 0.635. The number of rotatable bonds is 3. The number of hydrogen-bond acceptors (Lipinski definition) is 5. The molecule has 1 aliphatic rings. The third kappa shape index (κ3) is 2.37. The SMILES string of the molecule is N#Cc1nnn(-c2cccc(C(=O)O)c2)c1C1CCCO1. The maximum absolute atomic E-state index is 11.1. The van der Waals surface area contributed by atoms with E-state index in [-0.39, 0.29) is 17.4 Å². The van der Waals surface area contributed by atoms with E-state index in [9.17, 15) is 4.79 Å². The quantitative estimate of drug-likeness (QED) is 0.920. The van der Waals surface area contributed by atoms with Crippen LogP contribution in [0, 0.1) is 11.3 Å². The highest BCUT2D eigenvalue weighted by molar-refractivity contribution is 5.88. The maximum atomic E-state index is 11.1. The molecule has 2 heterocycles. The first kappa shape index (κ1) is 13.3. The second kappa shape index (κ2) is 5.34. The molecule has 7 heteroatoms. The molecule has 1 saturated heterocycles. The van der Waals surface area contributed by atoms with Gasteiger partial charge in [-0.2, -0.15) is 5.26 Å². The summed E-state index contributed by atoms with van der Waals surface area (Å²) in [5, 5.41) is 26.1. The van der Waals surface area contributed by atoms with Crippen molar-refractivity contribution in [1.29, 1.82) is 5.26 Å². The molecular weight excluding hydrogens is 272 g/mol. The Morgan fingerprint density at radius 3 is 3.05 bits per heavy atom. The molecule has 1 aromatic heterocycles. The van der Waals surface area contributed by atoms with Gasteiger partial charge in [-0.25, -0.2) is 9.48 Å². The average Bonchev–Trinajstić information content (AvgIpc) is 3.15. The Kier molecular flexibility index (Phi) is 3.38. The molecule has 7 nitrogen and oxygen atoms in total. The van der Waals surface area contributed by atoms with Crippen molar-refractivity contribution in [2.45, 2.75) is 18.9 Å². The molecule has 1 unspecified atom stereocenters. The first-order valence-electron chi connectivity index (χ1n) is 6.51. The first-order valence-corrected chi connectivity index (χ1v) is 6.51. The fourth-order valence-electron chi connectivity index (χ4n) is 2.41. The van der Waals surface area contributed by atoms with Gasteiger partial charge in [-0.3, -0.25) is 0 Å². The largest absolute Gasteiger partial charge is 0.478 e. The number of carboxylic acid groups (broad SMARTS) is 1. The summed E-state index contributed by atoms with van der Waals surface area (Å²) in [6.07, 6.45) is 1.47. The molecule has 2 aromatic rings. The van der Waals surface area contributed by atoms with Crippen LogP contribution in [0.25, 0.3) is 5.69 Å². The highest BCUT2D eigenvalue weighted by atomic mass is 16.5. The summed E-state index contributed by atoms with van der Waals surface area (Å²) < 4.78 is 7.10. The number of carboxylic acids is 1. The van der Waals surface area contributed by atoms with Crippen LogP contribution in [0.4, 0.5) is 0 Å². The van der Waals surface area contributed by atoms with Gasteiger partial charge in [-0.05, 0) is 31.0 Å². The molecule has 1 N–H and O–H groups in total. The molecule has 0 amide bonds. The molecule has 1 aliphatic heterocycles. The van der Waals surface area contributed by atoms with Crippen LogP contribution in [0.15, 0.2) is 24.3 Å². The van der Waals surface area contributed by atoms with Crippen molar-refractivity contribution < 1.29 is 14.6 Å². The van der Waals surface area contributed by atoms with E-state index in [1.54, 1.807) is 12.1 Å². The Hall–Kier alpha value is -2.72. The Bertz CT molecular complexity index is 726. The Morgan fingerprint density at radius 1 is 1.52 bits per heavy atom. The number of aromatic carboxylic acids is 1. The predicted molar refractivity (Wildman–Crippen MR) is 71.0 cm³/mol. The van der Waals surface area contributed by atoms with Crippen LogP contribution < -0.4 is 0 Å². The molecular formula is C14H12N4O3. The lowest BCUT2D eigenvalue weighted by Gasteiger charge is -2.12. The van der Waals surface area contributed by atoms with E-state index >= 15 is 0 Å². The predicted octanol–water partition coefficient (Wildman–Crippen LogP) is 1.69. The minimum atomic E-state index is -1.02. The van der Waals surface area contributed by atoms with Crippen molar-refractivity contribution in [2.75, 3.05) is 6.61 Å². The summed E-state index contributed by atoms with van der Waals surface area (Å²) in [6, 6.07) is 8.36. The molecule has 1 fully saturated rings. The Balaban J connectivity index is 2.10. The normalized spacial score (nSPS) is 17.6. The van der Waals surface area contributed by atoms with Gasteiger partial charge in [-0.15, -0.1) is 5.10 Å². The third-order valence-corrected chi connectivity index (χ3v) is 3.38. The summed E-state index contributed by atoms with van der Waals surface area (Å²) >= 11 is 0. The number of nitrogens with zero attached hydrogens (tertiary/aromatic N) is 4. The number of aromatic nitrogens is 3. The maximum Gasteiger partial charge on any atom is 0.335 e. The molecule has 21 heavy (non-hydrogen) atoms. The number of nitriles is 1. The molecule has 3 rings (SSSR count). The van der Waals surface area contributed by atoms with E-state index in [1.807, 2.05) is 6.07 Å². The van der Waals surface area contributed by atoms with Crippen LogP contribution in [-0.4, -0.2) is 32.7 Å². The zero-order chi connectivity index (χ0) is 14.8. The second-order valence-corrected chi connectivity index (χ2v) is 4.70. The number of benzene rings is 1. The van der Waals surface area contributed by atoms with Gasteiger partial charge in [0.1, 0.15) is 17.9 Å². The summed E-state index contributed by atoms with van der Waals surface area (Å²) in [4.78, 5) is 11.1. The van der Waals surface area contributed by atoms with Gasteiger partial charge in [0.25, 0.3) is 0 Å². The Labute approximate surface area is 120 Å². The van der Waals surface area contributed by atoms with Gasteiger partial charge in [-0.1, -0.05) is 11.3 Å². The van der Waals surface area contributed by atoms with Crippen molar-refractivity contribution in [3.63, 3.8) is 0 Å². The van der Waals surface area contributed by atoms with Crippen LogP contribution >= 0.6 is 0 Å². The van der Waals surface area contributed by atoms with Crippen molar-refractivity contribution in [1.82, 2.24) is 15.0 Å². The lowest BCUT2D eigenvalue weighted by molar-refractivity contribution is 0.0697. The second-order valence-electron chi connectivity index (χ2n) is 4.70. The molecule has 0 bridgehead atoms. The average molecular weight is 284 g/mol. The van der Waals surface area contributed by atoms with E-state index in [2.05, 4.69) is 10.3 Å². The lowest BCUT2D eigenvalue weighted by Crippen LogP contribution is -2.09. The van der Waals surface area contributed by atoms with Gasteiger partial charge < -0.3 is 9.84 Å². The van der Waals surface area contributed by atoms with Crippen molar-refractivity contribution in [3.05, 3.63) is 41.2 Å². The number of ether oxygens (including phenoxy) is 1. The van der Waals surface area contributed by atoms with Crippen LogP contribution in [-0.2, 0) is 4.74 Å². The summed E-state index contributed by atoms with van der Waals surface area (Å²) in [5.41, 5.74) is 1.49. The third-order valence-electron chi connectivity index (χ3n) is 3.38. The zero-order valence-corrected chi connectivity index (χ0v) is 11.1. The molecule has 106 valence electrons. The van der Waals surface area contributed by atoms with Crippen LogP contribution in [0.1, 0.15) is 40.7 Å². The smallest absolute Gasteiger partial charge is 0.335 e. The molecule has 1 atom stereocenters. The molecule has 0 saturated carbocycles. The minimum absolute atomic E-state index is 0.153. The van der Waals surface area contributed by atoms with Gasteiger partial charge in [0.15, 0.2) is 5.69 Å². The standard InChI is InChI=1S/C14H12N4O3/c15-8-11-13(12-5-2-6-21-12)18(17-16-11)10-4-1-3-9(7-10)14(19)20/h1,3-4,7,12H,2,5-6H2,(H,19,20). The van der Waals surface area contributed by atoms with Crippen molar-refractivity contribution in [2.24, 2.45) is 0 Å². The number of hydrogen-bond donors (Lipinski definition) is 1. The molecule has 0 aliphatic carbocycles. The lowest BCUT2D eigenvalue weighted by atomic mass is 10.1. The number of carbonyl (C=O) groups is 1. The van der Waals surface area contributed by atoms with E-state index in [0.717, 1.165) is 12.8 Å². The topological polar surface area (TPSA) is 101 Å². The van der Waals surface area contributed by atoms with Gasteiger partial charge in [0.05, 0.1) is 11.3 Å². The highest BCUT2D eigenvalue weighted by Gasteiger charge is 2.27. The summed E-state index contributed by atoms with van der Waals surface area (Å²) in [7, 11) is 0. The minimum Gasteiger partial charge on any atom is -0.478 e. The van der Waals surface area contributed by atoms with E-state index in [4.69, 9.17) is 15.1 Å². The fraction of sp³-hybridized carbons (Fsp3) is 0.286. The fourth-order valence-corrected chi connectivity index (χ4v) is 2.41. The monoisotopic (exact) mass is 284 g/mol. The zero-order valence-electron chi connectivity index (χ0n) is 11.1. The van der Waals surface area contributed by atoms with Gasteiger partial charge >= 0.3 is 5.97 Å². The van der Waals surface area contributed by atoms with Crippen molar-refractivity contribution >= 4 is 5.97 Å². The first-order chi connectivity index (χ1) is 10.2. The molecule has 0 radical (unpaired) electrons. The molecule has 1 aromatic carbocycles.